The zero-order chi connectivity index (χ0) is 15.0. The molecule has 1 fully saturated rings. The number of ether oxygens (including phenoxy) is 1. The van der Waals surface area contributed by atoms with Crippen molar-refractivity contribution in [1.82, 2.24) is 4.90 Å². The normalized spacial score (nSPS) is 17.2. The summed E-state index contributed by atoms with van der Waals surface area (Å²) in [5.74, 6) is 0. The monoisotopic (exact) mass is 275 g/mol. The van der Waals surface area contributed by atoms with Gasteiger partial charge in [0.05, 0.1) is 5.54 Å². The topological polar surface area (TPSA) is 29.5 Å². The first-order valence-corrected chi connectivity index (χ1v) is 7.29. The Kier molecular flexibility index (Phi) is 3.81. The van der Waals surface area contributed by atoms with Crippen molar-refractivity contribution < 1.29 is 9.53 Å². The van der Waals surface area contributed by atoms with Gasteiger partial charge in [-0.1, -0.05) is 29.8 Å². The van der Waals surface area contributed by atoms with Gasteiger partial charge in [0, 0.05) is 7.05 Å². The van der Waals surface area contributed by atoms with Crippen molar-refractivity contribution in [3.63, 3.8) is 0 Å². The van der Waals surface area contributed by atoms with Gasteiger partial charge in [-0.15, -0.1) is 0 Å². The Labute approximate surface area is 121 Å². The third kappa shape index (κ3) is 2.82. The lowest BCUT2D eigenvalue weighted by atomic mass is 9.70. The molecule has 1 aromatic carbocycles. The summed E-state index contributed by atoms with van der Waals surface area (Å²) in [6, 6.07) is 8.49. The molecule has 0 bridgehead atoms. The van der Waals surface area contributed by atoms with Gasteiger partial charge in [0.15, 0.2) is 0 Å². The third-order valence-corrected chi connectivity index (χ3v) is 4.08. The predicted molar refractivity (Wildman–Crippen MR) is 80.7 cm³/mol. The van der Waals surface area contributed by atoms with Crippen LogP contribution in [0.3, 0.4) is 0 Å². The van der Waals surface area contributed by atoms with Gasteiger partial charge in [-0.05, 0) is 52.5 Å². The first-order chi connectivity index (χ1) is 9.24. The number of carbonyl (C=O) groups is 1. The van der Waals surface area contributed by atoms with E-state index < -0.39 is 5.60 Å². The average molecular weight is 275 g/mol. The van der Waals surface area contributed by atoms with E-state index in [0.717, 1.165) is 19.3 Å². The van der Waals surface area contributed by atoms with Gasteiger partial charge in [-0.3, -0.25) is 0 Å². The molecule has 0 atom stereocenters. The molecule has 1 amide bonds. The van der Waals surface area contributed by atoms with Gasteiger partial charge in [0.25, 0.3) is 0 Å². The van der Waals surface area contributed by atoms with Gasteiger partial charge in [0.2, 0.25) is 0 Å². The molecule has 0 N–H and O–H groups in total. The molecule has 1 saturated carbocycles. The number of nitrogens with zero attached hydrogens (tertiary/aromatic N) is 1. The fourth-order valence-electron chi connectivity index (χ4n) is 2.70. The van der Waals surface area contributed by atoms with Crippen molar-refractivity contribution in [3.8, 4) is 0 Å². The minimum absolute atomic E-state index is 0.184. The van der Waals surface area contributed by atoms with Crippen molar-refractivity contribution in [3.05, 3.63) is 35.4 Å². The van der Waals surface area contributed by atoms with Crippen LogP contribution in [-0.4, -0.2) is 23.6 Å². The molecular weight excluding hydrogens is 250 g/mol. The summed E-state index contributed by atoms with van der Waals surface area (Å²) in [6.07, 6.45) is 2.93. The van der Waals surface area contributed by atoms with Gasteiger partial charge in [-0.25, -0.2) is 4.79 Å². The maximum absolute atomic E-state index is 12.3. The van der Waals surface area contributed by atoms with Crippen LogP contribution in [-0.2, 0) is 10.3 Å². The molecule has 0 aliphatic heterocycles. The van der Waals surface area contributed by atoms with Gasteiger partial charge in [-0.2, -0.15) is 0 Å². The number of hydrogen-bond acceptors (Lipinski definition) is 2. The number of rotatable bonds is 2. The van der Waals surface area contributed by atoms with Gasteiger partial charge < -0.3 is 9.64 Å². The fraction of sp³-hybridized carbons (Fsp3) is 0.588. The predicted octanol–water partition coefficient (Wildman–Crippen LogP) is 4.24. The first-order valence-electron chi connectivity index (χ1n) is 7.29. The molecular formula is C17H25NO2. The summed E-state index contributed by atoms with van der Waals surface area (Å²) in [4.78, 5) is 14.1. The molecule has 110 valence electrons. The highest BCUT2D eigenvalue weighted by atomic mass is 16.6. The van der Waals surface area contributed by atoms with Crippen molar-refractivity contribution in [1.29, 1.82) is 0 Å². The zero-order valence-electron chi connectivity index (χ0n) is 13.2. The minimum atomic E-state index is -0.455. The average Bonchev–Trinajstić information content (AvgIpc) is 2.27. The minimum Gasteiger partial charge on any atom is -0.444 e. The highest BCUT2D eigenvalue weighted by Crippen LogP contribution is 2.46. The van der Waals surface area contributed by atoms with Crippen molar-refractivity contribution in [2.24, 2.45) is 0 Å². The standard InChI is InChI=1S/C17H25NO2/c1-13-7-9-14(10-8-13)17(11-6-12-17)18(5)15(19)20-16(2,3)4/h7-10H,6,11-12H2,1-5H3. The summed E-state index contributed by atoms with van der Waals surface area (Å²) in [5.41, 5.74) is 1.81. The summed E-state index contributed by atoms with van der Waals surface area (Å²) < 4.78 is 5.51. The molecule has 0 radical (unpaired) electrons. The van der Waals surface area contributed by atoms with Crippen LogP contribution in [0.5, 0.6) is 0 Å². The van der Waals surface area contributed by atoms with Crippen LogP contribution in [0.4, 0.5) is 4.79 Å². The Morgan fingerprint density at radius 2 is 1.75 bits per heavy atom. The quantitative estimate of drug-likeness (QED) is 0.808. The van der Waals surface area contributed by atoms with Crippen LogP contribution in [0.1, 0.15) is 51.2 Å². The Balaban J connectivity index is 2.22. The van der Waals surface area contributed by atoms with Gasteiger partial charge in [0.1, 0.15) is 5.60 Å². The highest BCUT2D eigenvalue weighted by molar-refractivity contribution is 5.69. The van der Waals surface area contributed by atoms with E-state index in [1.54, 1.807) is 4.90 Å². The molecule has 2 rings (SSSR count). The Morgan fingerprint density at radius 1 is 1.20 bits per heavy atom. The second kappa shape index (κ2) is 5.12. The number of benzene rings is 1. The second-order valence-electron chi connectivity index (χ2n) is 6.79. The maximum atomic E-state index is 12.3. The third-order valence-electron chi connectivity index (χ3n) is 4.08. The maximum Gasteiger partial charge on any atom is 0.410 e. The van der Waals surface area contributed by atoms with Crippen LogP contribution in [0, 0.1) is 6.92 Å². The Hall–Kier alpha value is -1.51. The number of aryl methyl sites for hydroxylation is 1. The lowest BCUT2D eigenvalue weighted by molar-refractivity contribution is -0.0183. The first kappa shape index (κ1) is 14.9. The van der Waals surface area contributed by atoms with E-state index in [0.29, 0.717) is 0 Å². The Bertz CT molecular complexity index is 481. The molecule has 0 unspecified atom stereocenters. The molecule has 3 heteroatoms. The smallest absolute Gasteiger partial charge is 0.410 e. The molecule has 1 aliphatic rings. The van der Waals surface area contributed by atoms with E-state index in [1.807, 2.05) is 27.8 Å². The second-order valence-corrected chi connectivity index (χ2v) is 6.79. The van der Waals surface area contributed by atoms with Crippen LogP contribution in [0.25, 0.3) is 0 Å². The van der Waals surface area contributed by atoms with Crippen LogP contribution >= 0.6 is 0 Å². The van der Waals surface area contributed by atoms with Crippen molar-refractivity contribution in [2.45, 2.75) is 58.1 Å². The fourth-order valence-corrected chi connectivity index (χ4v) is 2.70. The van der Waals surface area contributed by atoms with E-state index in [2.05, 4.69) is 31.2 Å². The molecule has 1 aromatic rings. The lowest BCUT2D eigenvalue weighted by Crippen LogP contribution is -2.53. The molecule has 0 spiro atoms. The summed E-state index contributed by atoms with van der Waals surface area (Å²) >= 11 is 0. The number of amides is 1. The van der Waals surface area contributed by atoms with E-state index >= 15 is 0 Å². The van der Waals surface area contributed by atoms with Gasteiger partial charge >= 0.3 is 6.09 Å². The molecule has 20 heavy (non-hydrogen) atoms. The molecule has 0 saturated heterocycles. The molecule has 3 nitrogen and oxygen atoms in total. The van der Waals surface area contributed by atoms with Crippen LogP contribution < -0.4 is 0 Å². The van der Waals surface area contributed by atoms with E-state index in [4.69, 9.17) is 4.74 Å². The molecule has 0 heterocycles. The zero-order valence-corrected chi connectivity index (χ0v) is 13.2. The van der Waals surface area contributed by atoms with E-state index in [-0.39, 0.29) is 11.6 Å². The highest BCUT2D eigenvalue weighted by Gasteiger charge is 2.45. The lowest BCUT2D eigenvalue weighted by Gasteiger charge is -2.49. The molecule has 0 aromatic heterocycles. The van der Waals surface area contributed by atoms with Crippen LogP contribution in [0.2, 0.25) is 0 Å². The summed E-state index contributed by atoms with van der Waals surface area (Å²) in [5, 5.41) is 0. The summed E-state index contributed by atoms with van der Waals surface area (Å²) in [7, 11) is 1.85. The van der Waals surface area contributed by atoms with E-state index in [9.17, 15) is 4.79 Å². The van der Waals surface area contributed by atoms with Crippen molar-refractivity contribution >= 4 is 6.09 Å². The number of hydrogen-bond donors (Lipinski definition) is 0. The summed E-state index contributed by atoms with van der Waals surface area (Å²) in [6.45, 7) is 7.78. The van der Waals surface area contributed by atoms with Crippen molar-refractivity contribution in [2.75, 3.05) is 7.05 Å². The Morgan fingerprint density at radius 3 is 2.15 bits per heavy atom. The van der Waals surface area contributed by atoms with Crippen LogP contribution in [0.15, 0.2) is 24.3 Å². The SMILES string of the molecule is Cc1ccc(C2(N(C)C(=O)OC(C)(C)C)CCC2)cc1. The molecule has 1 aliphatic carbocycles. The number of carbonyl (C=O) groups excluding carboxylic acids is 1. The largest absolute Gasteiger partial charge is 0.444 e. The van der Waals surface area contributed by atoms with E-state index in [1.165, 1.54) is 11.1 Å².